The number of halogens is 2. The number of nitro benzene ring substituents is 1. The van der Waals surface area contributed by atoms with Gasteiger partial charge < -0.3 is 9.64 Å². The van der Waals surface area contributed by atoms with Gasteiger partial charge in [0, 0.05) is 49.4 Å². The molecule has 206 valence electrons. The molecular formula is C30H33ClFN3O4. The average molecular weight is 554 g/mol. The molecule has 0 N–H and O–H groups in total. The van der Waals surface area contributed by atoms with Crippen LogP contribution in [-0.2, 0) is 30.7 Å². The monoisotopic (exact) mass is 553 g/mol. The van der Waals surface area contributed by atoms with Gasteiger partial charge in [-0.05, 0) is 80.1 Å². The van der Waals surface area contributed by atoms with Crippen molar-refractivity contribution in [1.82, 2.24) is 9.80 Å². The van der Waals surface area contributed by atoms with Gasteiger partial charge in [-0.25, -0.2) is 9.18 Å². The first kappa shape index (κ1) is 28.5. The van der Waals surface area contributed by atoms with Gasteiger partial charge in [0.05, 0.1) is 4.92 Å². The minimum atomic E-state index is -0.688. The SMILES string of the molecule is CC(C)(C)OC(=O)N(CCN1Cc2ccc(Cl)cc2CC1Cc1ccc(F)cc1)Cc1cccc([N+](=O)[O-])c1. The highest BCUT2D eigenvalue weighted by Crippen LogP contribution is 2.28. The summed E-state index contributed by atoms with van der Waals surface area (Å²) >= 11 is 6.28. The fourth-order valence-corrected chi connectivity index (χ4v) is 5.02. The van der Waals surface area contributed by atoms with Crippen LogP contribution in [0, 0.1) is 15.9 Å². The zero-order chi connectivity index (χ0) is 28.2. The second-order valence-electron chi connectivity index (χ2n) is 10.9. The molecule has 1 amide bonds. The van der Waals surface area contributed by atoms with Crippen LogP contribution in [0.2, 0.25) is 5.02 Å². The number of hydrogen-bond acceptors (Lipinski definition) is 5. The van der Waals surface area contributed by atoms with Crippen molar-refractivity contribution in [2.45, 2.75) is 58.3 Å². The molecule has 3 aromatic rings. The predicted octanol–water partition coefficient (Wildman–Crippen LogP) is 6.79. The predicted molar refractivity (Wildman–Crippen MR) is 149 cm³/mol. The fourth-order valence-electron chi connectivity index (χ4n) is 4.82. The van der Waals surface area contributed by atoms with Gasteiger partial charge in [0.15, 0.2) is 0 Å². The van der Waals surface area contributed by atoms with Crippen LogP contribution in [0.3, 0.4) is 0 Å². The maximum atomic E-state index is 13.5. The van der Waals surface area contributed by atoms with Crippen molar-refractivity contribution in [3.8, 4) is 0 Å². The van der Waals surface area contributed by atoms with E-state index in [4.69, 9.17) is 16.3 Å². The Kier molecular flexibility index (Phi) is 8.87. The molecule has 0 saturated carbocycles. The minimum Gasteiger partial charge on any atom is -0.444 e. The summed E-state index contributed by atoms with van der Waals surface area (Å²) in [5.41, 5.74) is 3.33. The Morgan fingerprint density at radius 1 is 1.10 bits per heavy atom. The standard InChI is InChI=1S/C30H33ClFN3O4/c1-30(2,3)39-29(36)34(19-22-5-4-6-27(16-22)35(37)38)14-13-33-20-23-9-10-25(31)17-24(23)18-28(33)15-21-7-11-26(32)12-8-21/h4-12,16-17,28H,13-15,18-20H2,1-3H3. The first-order valence-electron chi connectivity index (χ1n) is 12.9. The molecule has 0 spiro atoms. The lowest BCUT2D eigenvalue weighted by atomic mass is 9.90. The number of nitrogens with zero attached hydrogens (tertiary/aromatic N) is 3. The van der Waals surface area contributed by atoms with Crippen LogP contribution < -0.4 is 0 Å². The summed E-state index contributed by atoms with van der Waals surface area (Å²) in [6.07, 6.45) is 1.00. The molecule has 7 nitrogen and oxygen atoms in total. The summed E-state index contributed by atoms with van der Waals surface area (Å²) in [5.74, 6) is -0.273. The lowest BCUT2D eigenvalue weighted by Crippen LogP contribution is -2.47. The Balaban J connectivity index is 1.56. The van der Waals surface area contributed by atoms with Crippen molar-refractivity contribution in [3.63, 3.8) is 0 Å². The van der Waals surface area contributed by atoms with Crippen LogP contribution in [0.5, 0.6) is 0 Å². The van der Waals surface area contributed by atoms with Crippen LogP contribution in [0.25, 0.3) is 0 Å². The number of non-ortho nitro benzene ring substituents is 1. The highest BCUT2D eigenvalue weighted by Gasteiger charge is 2.29. The van der Waals surface area contributed by atoms with E-state index in [1.165, 1.54) is 35.4 Å². The van der Waals surface area contributed by atoms with E-state index in [1.54, 1.807) is 29.2 Å². The van der Waals surface area contributed by atoms with Crippen molar-refractivity contribution in [1.29, 1.82) is 0 Å². The second kappa shape index (κ2) is 12.1. The minimum absolute atomic E-state index is 0.0256. The van der Waals surface area contributed by atoms with Crippen LogP contribution in [0.15, 0.2) is 66.7 Å². The number of nitro groups is 1. The Labute approximate surface area is 233 Å². The summed E-state index contributed by atoms with van der Waals surface area (Å²) in [6, 6.07) is 18.9. The van der Waals surface area contributed by atoms with Crippen molar-refractivity contribution in [3.05, 3.63) is 110 Å². The molecule has 0 fully saturated rings. The maximum absolute atomic E-state index is 13.5. The van der Waals surface area contributed by atoms with E-state index in [2.05, 4.69) is 4.90 Å². The highest BCUT2D eigenvalue weighted by atomic mass is 35.5. The number of ether oxygens (including phenoxy) is 1. The van der Waals surface area contributed by atoms with E-state index < -0.39 is 16.6 Å². The molecule has 1 heterocycles. The molecule has 9 heteroatoms. The summed E-state index contributed by atoms with van der Waals surface area (Å²) in [6.45, 7) is 7.20. The van der Waals surface area contributed by atoms with Gasteiger partial charge in [-0.3, -0.25) is 15.0 Å². The van der Waals surface area contributed by atoms with Gasteiger partial charge in [-0.1, -0.05) is 41.9 Å². The second-order valence-corrected chi connectivity index (χ2v) is 11.3. The van der Waals surface area contributed by atoms with E-state index in [1.807, 2.05) is 39.0 Å². The Morgan fingerprint density at radius 2 is 1.85 bits per heavy atom. The molecule has 0 bridgehead atoms. The topological polar surface area (TPSA) is 75.9 Å². The van der Waals surface area contributed by atoms with E-state index >= 15 is 0 Å². The number of hydrogen-bond donors (Lipinski definition) is 0. The molecule has 1 atom stereocenters. The van der Waals surface area contributed by atoms with E-state index in [9.17, 15) is 19.3 Å². The van der Waals surface area contributed by atoms with Crippen molar-refractivity contribution < 1.29 is 18.8 Å². The first-order chi connectivity index (χ1) is 18.5. The number of benzene rings is 3. The third kappa shape index (κ3) is 8.00. The Bertz CT molecular complexity index is 1330. The van der Waals surface area contributed by atoms with Gasteiger partial charge in [0.1, 0.15) is 11.4 Å². The molecular weight excluding hydrogens is 521 g/mol. The van der Waals surface area contributed by atoms with Gasteiger partial charge in [-0.2, -0.15) is 0 Å². The van der Waals surface area contributed by atoms with E-state index in [0.717, 1.165) is 12.0 Å². The van der Waals surface area contributed by atoms with Gasteiger partial charge in [-0.15, -0.1) is 0 Å². The van der Waals surface area contributed by atoms with Crippen LogP contribution in [-0.4, -0.2) is 45.5 Å². The Hall–Kier alpha value is -3.49. The molecule has 1 aliphatic rings. The number of carbonyl (C=O) groups is 1. The number of amides is 1. The van der Waals surface area contributed by atoms with Crippen molar-refractivity contribution in [2.24, 2.45) is 0 Å². The summed E-state index contributed by atoms with van der Waals surface area (Å²) in [5, 5.41) is 12.0. The van der Waals surface area contributed by atoms with E-state index in [0.29, 0.717) is 36.6 Å². The largest absolute Gasteiger partial charge is 0.444 e. The fraction of sp³-hybridized carbons (Fsp3) is 0.367. The molecule has 0 aliphatic carbocycles. The maximum Gasteiger partial charge on any atom is 0.410 e. The van der Waals surface area contributed by atoms with Crippen molar-refractivity contribution in [2.75, 3.05) is 13.1 Å². The highest BCUT2D eigenvalue weighted by molar-refractivity contribution is 6.30. The lowest BCUT2D eigenvalue weighted by molar-refractivity contribution is -0.384. The lowest BCUT2D eigenvalue weighted by Gasteiger charge is -2.38. The molecule has 39 heavy (non-hydrogen) atoms. The zero-order valence-corrected chi connectivity index (χ0v) is 23.2. The smallest absolute Gasteiger partial charge is 0.410 e. The van der Waals surface area contributed by atoms with Crippen molar-refractivity contribution >= 4 is 23.4 Å². The summed E-state index contributed by atoms with van der Waals surface area (Å²) in [4.78, 5) is 28.0. The number of carbonyl (C=O) groups excluding carboxylic acids is 1. The van der Waals surface area contributed by atoms with E-state index in [-0.39, 0.29) is 24.1 Å². The normalized spacial score (nSPS) is 15.5. The summed E-state index contributed by atoms with van der Waals surface area (Å²) in [7, 11) is 0. The van der Waals surface area contributed by atoms with Gasteiger partial charge in [0.25, 0.3) is 5.69 Å². The third-order valence-electron chi connectivity index (χ3n) is 6.70. The molecule has 0 saturated heterocycles. The third-order valence-corrected chi connectivity index (χ3v) is 6.94. The number of rotatable bonds is 8. The zero-order valence-electron chi connectivity index (χ0n) is 22.4. The molecule has 3 aromatic carbocycles. The molecule has 4 rings (SSSR count). The molecule has 0 aromatic heterocycles. The Morgan fingerprint density at radius 3 is 2.54 bits per heavy atom. The average Bonchev–Trinajstić information content (AvgIpc) is 2.87. The van der Waals surface area contributed by atoms with Gasteiger partial charge in [0.2, 0.25) is 0 Å². The molecule has 1 unspecified atom stereocenters. The van der Waals surface area contributed by atoms with Crippen LogP contribution >= 0.6 is 11.6 Å². The van der Waals surface area contributed by atoms with Crippen LogP contribution in [0.4, 0.5) is 14.9 Å². The number of fused-ring (bicyclic) bond motifs is 1. The molecule has 1 aliphatic heterocycles. The first-order valence-corrected chi connectivity index (χ1v) is 13.3. The van der Waals surface area contributed by atoms with Crippen LogP contribution in [0.1, 0.15) is 43.0 Å². The van der Waals surface area contributed by atoms with Gasteiger partial charge >= 0.3 is 6.09 Å². The summed E-state index contributed by atoms with van der Waals surface area (Å²) < 4.78 is 19.2. The molecule has 0 radical (unpaired) electrons. The quantitative estimate of drug-likeness (QED) is 0.227.